The molecule has 2 heterocycles. The van der Waals surface area contributed by atoms with E-state index < -0.39 is 0 Å². The molecule has 0 radical (unpaired) electrons. The minimum Gasteiger partial charge on any atom is -0.496 e. The Morgan fingerprint density at radius 1 is 1.05 bits per heavy atom. The van der Waals surface area contributed by atoms with Crippen LogP contribution in [0.2, 0.25) is 0 Å². The minimum atomic E-state index is 0.463. The quantitative estimate of drug-likeness (QED) is 0.736. The molecule has 0 spiro atoms. The number of ether oxygens (including phenoxy) is 1. The molecule has 0 atom stereocenters. The molecule has 3 rings (SSSR count). The number of methoxy groups -OCH3 is 1. The molecule has 5 heteroatoms. The summed E-state index contributed by atoms with van der Waals surface area (Å²) in [4.78, 5) is 8.56. The molecule has 0 aliphatic carbocycles. The zero-order valence-corrected chi connectivity index (χ0v) is 12.1. The zero-order chi connectivity index (χ0) is 14.8. The topological polar surface area (TPSA) is 61.0 Å². The van der Waals surface area contributed by atoms with Crippen LogP contribution in [0.4, 0.5) is 0 Å². The summed E-state index contributed by atoms with van der Waals surface area (Å²) >= 11 is 0. The number of hydrogen-bond acceptors (Lipinski definition) is 5. The molecule has 0 bridgehead atoms. The first-order valence-electron chi connectivity index (χ1n) is 6.58. The summed E-state index contributed by atoms with van der Waals surface area (Å²) in [5.74, 6) is 1.79. The van der Waals surface area contributed by atoms with E-state index in [1.54, 1.807) is 19.5 Å². The monoisotopic (exact) mass is 281 g/mol. The van der Waals surface area contributed by atoms with Crippen LogP contribution in [0.3, 0.4) is 0 Å². The van der Waals surface area contributed by atoms with E-state index >= 15 is 0 Å². The molecule has 1 aromatic carbocycles. The first-order valence-corrected chi connectivity index (χ1v) is 6.58. The van der Waals surface area contributed by atoms with Gasteiger partial charge >= 0.3 is 0 Å². The van der Waals surface area contributed by atoms with E-state index in [-0.39, 0.29) is 0 Å². The van der Waals surface area contributed by atoms with Gasteiger partial charge in [-0.3, -0.25) is 4.98 Å². The predicted octanol–water partition coefficient (Wildman–Crippen LogP) is 3.42. The standard InChI is InChI=1S/C16H15N3O2/c1-10-6-13(9-17-8-10)15-18-16(21-19-15)12-5-4-11(2)14(7-12)20-3/h4-9H,1-3H3. The Kier molecular flexibility index (Phi) is 3.39. The molecule has 0 saturated carbocycles. The van der Waals surface area contributed by atoms with Crippen molar-refractivity contribution in [3.63, 3.8) is 0 Å². The van der Waals surface area contributed by atoms with Gasteiger partial charge in [0.15, 0.2) is 0 Å². The van der Waals surface area contributed by atoms with Gasteiger partial charge in [-0.15, -0.1) is 0 Å². The van der Waals surface area contributed by atoms with E-state index in [4.69, 9.17) is 9.26 Å². The largest absolute Gasteiger partial charge is 0.496 e. The highest BCUT2D eigenvalue weighted by Gasteiger charge is 2.12. The molecule has 0 unspecified atom stereocenters. The number of pyridine rings is 1. The average molecular weight is 281 g/mol. The lowest BCUT2D eigenvalue weighted by Crippen LogP contribution is -1.88. The fraction of sp³-hybridized carbons (Fsp3) is 0.188. The van der Waals surface area contributed by atoms with E-state index in [0.29, 0.717) is 11.7 Å². The average Bonchev–Trinajstić information content (AvgIpc) is 2.97. The lowest BCUT2D eigenvalue weighted by Gasteiger charge is -2.04. The summed E-state index contributed by atoms with van der Waals surface area (Å²) in [5, 5.41) is 4.01. The Bertz CT molecular complexity index is 781. The Morgan fingerprint density at radius 2 is 1.90 bits per heavy atom. The smallest absolute Gasteiger partial charge is 0.258 e. The first kappa shape index (κ1) is 13.3. The van der Waals surface area contributed by atoms with Crippen molar-refractivity contribution in [2.45, 2.75) is 13.8 Å². The van der Waals surface area contributed by atoms with E-state index in [9.17, 15) is 0 Å². The minimum absolute atomic E-state index is 0.463. The van der Waals surface area contributed by atoms with E-state index in [1.165, 1.54) is 0 Å². The third kappa shape index (κ3) is 2.63. The fourth-order valence-electron chi connectivity index (χ4n) is 2.09. The maximum atomic E-state index is 5.34. The van der Waals surface area contributed by atoms with Crippen molar-refractivity contribution in [3.8, 4) is 28.6 Å². The van der Waals surface area contributed by atoms with E-state index in [2.05, 4.69) is 15.1 Å². The number of aryl methyl sites for hydroxylation is 2. The summed E-state index contributed by atoms with van der Waals surface area (Å²) in [6, 6.07) is 7.76. The molecule has 0 amide bonds. The third-order valence-corrected chi connectivity index (χ3v) is 3.21. The molecule has 0 fully saturated rings. The van der Waals surface area contributed by atoms with Crippen molar-refractivity contribution >= 4 is 0 Å². The van der Waals surface area contributed by atoms with Crippen LogP contribution < -0.4 is 4.74 Å². The van der Waals surface area contributed by atoms with Gasteiger partial charge in [-0.25, -0.2) is 0 Å². The van der Waals surface area contributed by atoms with Gasteiger partial charge in [0.2, 0.25) is 5.82 Å². The predicted molar refractivity (Wildman–Crippen MR) is 79.0 cm³/mol. The van der Waals surface area contributed by atoms with Crippen molar-refractivity contribution in [2.75, 3.05) is 7.11 Å². The van der Waals surface area contributed by atoms with Crippen LogP contribution in [-0.4, -0.2) is 22.2 Å². The number of rotatable bonds is 3. The maximum absolute atomic E-state index is 5.34. The second kappa shape index (κ2) is 5.36. The number of aromatic nitrogens is 3. The Morgan fingerprint density at radius 3 is 2.67 bits per heavy atom. The highest BCUT2D eigenvalue weighted by atomic mass is 16.5. The molecule has 2 aromatic heterocycles. The van der Waals surface area contributed by atoms with Crippen LogP contribution in [-0.2, 0) is 0 Å². The summed E-state index contributed by atoms with van der Waals surface area (Å²) in [5.41, 5.74) is 3.78. The number of nitrogens with zero attached hydrogens (tertiary/aromatic N) is 3. The Balaban J connectivity index is 1.98. The van der Waals surface area contributed by atoms with Gasteiger partial charge in [-0.2, -0.15) is 4.98 Å². The van der Waals surface area contributed by atoms with Crippen molar-refractivity contribution in [2.24, 2.45) is 0 Å². The lowest BCUT2D eigenvalue weighted by atomic mass is 10.1. The van der Waals surface area contributed by atoms with Crippen molar-refractivity contribution in [1.29, 1.82) is 0 Å². The number of hydrogen-bond donors (Lipinski definition) is 0. The molecule has 0 aliphatic rings. The van der Waals surface area contributed by atoms with E-state index in [0.717, 1.165) is 28.0 Å². The molecule has 3 aromatic rings. The molecule has 0 N–H and O–H groups in total. The van der Waals surface area contributed by atoms with Gasteiger partial charge in [0.05, 0.1) is 7.11 Å². The second-order valence-electron chi connectivity index (χ2n) is 4.86. The fourth-order valence-corrected chi connectivity index (χ4v) is 2.09. The van der Waals surface area contributed by atoms with Crippen LogP contribution in [0.1, 0.15) is 11.1 Å². The Hall–Kier alpha value is -2.69. The van der Waals surface area contributed by atoms with Gasteiger partial charge in [-0.1, -0.05) is 11.2 Å². The summed E-state index contributed by atoms with van der Waals surface area (Å²) in [7, 11) is 1.64. The van der Waals surface area contributed by atoms with Gasteiger partial charge in [0.1, 0.15) is 5.75 Å². The van der Waals surface area contributed by atoms with Crippen LogP contribution in [0.15, 0.2) is 41.2 Å². The summed E-state index contributed by atoms with van der Waals surface area (Å²) < 4.78 is 10.7. The molecule has 0 saturated heterocycles. The molecule has 21 heavy (non-hydrogen) atoms. The van der Waals surface area contributed by atoms with Crippen LogP contribution in [0, 0.1) is 13.8 Å². The summed E-state index contributed by atoms with van der Waals surface area (Å²) in [6.45, 7) is 3.96. The van der Waals surface area contributed by atoms with E-state index in [1.807, 2.05) is 38.1 Å². The molecular formula is C16H15N3O2. The number of benzene rings is 1. The van der Waals surface area contributed by atoms with Crippen molar-refractivity contribution < 1.29 is 9.26 Å². The highest BCUT2D eigenvalue weighted by Crippen LogP contribution is 2.27. The zero-order valence-electron chi connectivity index (χ0n) is 12.1. The van der Waals surface area contributed by atoms with Gasteiger partial charge in [0.25, 0.3) is 5.89 Å². The van der Waals surface area contributed by atoms with Crippen LogP contribution in [0.25, 0.3) is 22.8 Å². The van der Waals surface area contributed by atoms with Crippen LogP contribution in [0.5, 0.6) is 5.75 Å². The molecule has 106 valence electrons. The molecule has 5 nitrogen and oxygen atoms in total. The van der Waals surface area contributed by atoms with Crippen molar-refractivity contribution in [3.05, 3.63) is 47.8 Å². The third-order valence-electron chi connectivity index (χ3n) is 3.21. The van der Waals surface area contributed by atoms with Crippen molar-refractivity contribution in [1.82, 2.24) is 15.1 Å². The van der Waals surface area contributed by atoms with Gasteiger partial charge < -0.3 is 9.26 Å². The molecular weight excluding hydrogens is 266 g/mol. The lowest BCUT2D eigenvalue weighted by molar-refractivity contribution is 0.410. The second-order valence-corrected chi connectivity index (χ2v) is 4.86. The van der Waals surface area contributed by atoms with Gasteiger partial charge in [0, 0.05) is 23.5 Å². The SMILES string of the molecule is COc1cc(-c2nc(-c3cncc(C)c3)no2)ccc1C. The van der Waals surface area contributed by atoms with Crippen LogP contribution >= 0.6 is 0 Å². The maximum Gasteiger partial charge on any atom is 0.258 e. The molecule has 0 aliphatic heterocycles. The first-order chi connectivity index (χ1) is 10.2. The van der Waals surface area contributed by atoms with Gasteiger partial charge in [-0.05, 0) is 43.2 Å². The Labute approximate surface area is 122 Å². The normalized spacial score (nSPS) is 10.6. The summed E-state index contributed by atoms with van der Waals surface area (Å²) in [6.07, 6.45) is 3.51. The highest BCUT2D eigenvalue weighted by molar-refractivity contribution is 5.61.